The van der Waals surface area contributed by atoms with Gasteiger partial charge in [0.2, 0.25) is 0 Å². The highest BCUT2D eigenvalue weighted by atomic mass is 28.4. The van der Waals surface area contributed by atoms with E-state index in [9.17, 15) is 0 Å². The monoisotopic (exact) mass is 587 g/mol. The summed E-state index contributed by atoms with van der Waals surface area (Å²) in [6, 6.07) is 55.1. The highest BCUT2D eigenvalue weighted by Gasteiger charge is 2.62. The van der Waals surface area contributed by atoms with Crippen LogP contribution < -0.4 is 13.7 Å². The maximum atomic E-state index is 2.89. The van der Waals surface area contributed by atoms with Gasteiger partial charge in [0, 0.05) is 35.1 Å². The Kier molecular flexibility index (Phi) is 6.92. The molecule has 1 saturated heterocycles. The molecule has 216 valence electrons. The van der Waals surface area contributed by atoms with E-state index in [0.29, 0.717) is 11.8 Å². The molecule has 5 aromatic rings. The van der Waals surface area contributed by atoms with Crippen LogP contribution in [-0.4, -0.2) is 14.6 Å². The SMILES string of the molecule is C1=CC2C(Cc3ccccc3)CC[Si]3(N(c4ccccc4)c4ccccc4N3c3ccccc3)N(c3ccccc3)C2C=C1. The minimum Gasteiger partial charge on any atom is -0.357 e. The molecule has 4 heteroatoms. The first kappa shape index (κ1) is 26.8. The van der Waals surface area contributed by atoms with Crippen LogP contribution in [0, 0.1) is 11.8 Å². The molecule has 3 nitrogen and oxygen atoms in total. The topological polar surface area (TPSA) is 9.72 Å². The van der Waals surface area contributed by atoms with Crippen LogP contribution >= 0.6 is 0 Å². The molecule has 5 aromatic carbocycles. The van der Waals surface area contributed by atoms with Crippen molar-refractivity contribution in [1.29, 1.82) is 0 Å². The molecule has 1 fully saturated rings. The minimum atomic E-state index is -2.84. The highest BCUT2D eigenvalue weighted by molar-refractivity contribution is 6.93. The number of hydrogen-bond acceptors (Lipinski definition) is 3. The lowest BCUT2D eigenvalue weighted by molar-refractivity contribution is 0.362. The average molecular weight is 588 g/mol. The number of hydrogen-bond donors (Lipinski definition) is 0. The van der Waals surface area contributed by atoms with Gasteiger partial charge in [-0.05, 0) is 72.9 Å². The Bertz CT molecular complexity index is 1700. The van der Waals surface area contributed by atoms with Gasteiger partial charge in [0.25, 0.3) is 0 Å². The van der Waals surface area contributed by atoms with Crippen molar-refractivity contribution in [3.8, 4) is 0 Å². The third kappa shape index (κ3) is 4.40. The zero-order valence-electron chi connectivity index (χ0n) is 24.9. The number of para-hydroxylation sites is 5. The van der Waals surface area contributed by atoms with Gasteiger partial charge in [-0.3, -0.25) is 0 Å². The molecular formula is C40H37N3Si. The van der Waals surface area contributed by atoms with E-state index < -0.39 is 8.56 Å². The second-order valence-corrected chi connectivity index (χ2v) is 15.6. The van der Waals surface area contributed by atoms with Gasteiger partial charge in [0.15, 0.2) is 0 Å². The largest absolute Gasteiger partial charge is 0.389 e. The molecule has 2 heterocycles. The number of benzene rings is 5. The molecular weight excluding hydrogens is 551 g/mol. The molecule has 0 amide bonds. The first-order valence-corrected chi connectivity index (χ1v) is 17.9. The van der Waals surface area contributed by atoms with E-state index in [1.165, 1.54) is 34.0 Å². The molecule has 0 bridgehead atoms. The van der Waals surface area contributed by atoms with Crippen LogP contribution in [0.15, 0.2) is 170 Å². The van der Waals surface area contributed by atoms with Crippen LogP contribution in [-0.2, 0) is 6.42 Å². The van der Waals surface area contributed by atoms with E-state index in [1.807, 2.05) is 0 Å². The van der Waals surface area contributed by atoms with E-state index in [4.69, 9.17) is 0 Å². The average Bonchev–Trinajstić information content (AvgIpc) is 3.31. The van der Waals surface area contributed by atoms with E-state index >= 15 is 0 Å². The summed E-state index contributed by atoms with van der Waals surface area (Å²) in [5, 5.41) is 0. The smallest absolute Gasteiger partial charge is 0.357 e. The van der Waals surface area contributed by atoms with Gasteiger partial charge < -0.3 is 13.7 Å². The van der Waals surface area contributed by atoms with Crippen LogP contribution in [0.1, 0.15) is 12.0 Å². The van der Waals surface area contributed by atoms with Crippen molar-refractivity contribution >= 4 is 37.0 Å². The summed E-state index contributed by atoms with van der Waals surface area (Å²) >= 11 is 0. The van der Waals surface area contributed by atoms with Gasteiger partial charge in [-0.25, -0.2) is 0 Å². The number of fused-ring (bicyclic) bond motifs is 2. The van der Waals surface area contributed by atoms with E-state index in [1.54, 1.807) is 0 Å². The minimum absolute atomic E-state index is 0.219. The van der Waals surface area contributed by atoms with Crippen LogP contribution in [0.25, 0.3) is 0 Å². The third-order valence-corrected chi connectivity index (χ3v) is 14.4. The van der Waals surface area contributed by atoms with Crippen molar-refractivity contribution in [2.24, 2.45) is 11.8 Å². The highest BCUT2D eigenvalue weighted by Crippen LogP contribution is 2.57. The number of rotatable bonds is 5. The molecule has 3 aliphatic rings. The van der Waals surface area contributed by atoms with Crippen molar-refractivity contribution in [1.82, 2.24) is 0 Å². The lowest BCUT2D eigenvalue weighted by Gasteiger charge is -2.53. The number of anilines is 5. The summed E-state index contributed by atoms with van der Waals surface area (Å²) in [5.74, 6) is 0.909. The zero-order valence-corrected chi connectivity index (χ0v) is 25.9. The van der Waals surface area contributed by atoms with Gasteiger partial charge in [0.05, 0.1) is 11.4 Å². The summed E-state index contributed by atoms with van der Waals surface area (Å²) in [7, 11) is -2.84. The van der Waals surface area contributed by atoms with Crippen molar-refractivity contribution in [2.45, 2.75) is 24.9 Å². The number of allylic oxidation sites excluding steroid dienone is 2. The van der Waals surface area contributed by atoms with Crippen LogP contribution in [0.5, 0.6) is 0 Å². The van der Waals surface area contributed by atoms with Crippen molar-refractivity contribution in [3.63, 3.8) is 0 Å². The normalized spacial score (nSPS) is 21.6. The fraction of sp³-hybridized carbons (Fsp3) is 0.150. The quantitative estimate of drug-likeness (QED) is 0.190. The lowest BCUT2D eigenvalue weighted by atomic mass is 9.78. The number of nitrogens with zero attached hydrogens (tertiary/aromatic N) is 3. The first-order valence-electron chi connectivity index (χ1n) is 15.9. The van der Waals surface area contributed by atoms with E-state index in [0.717, 1.165) is 18.9 Å². The molecule has 0 radical (unpaired) electrons. The molecule has 0 saturated carbocycles. The summed E-state index contributed by atoms with van der Waals surface area (Å²) < 4.78 is 8.44. The Morgan fingerprint density at radius 3 is 1.57 bits per heavy atom. The zero-order chi connectivity index (χ0) is 29.3. The maximum absolute atomic E-state index is 2.89. The maximum Gasteiger partial charge on any atom is 0.389 e. The Morgan fingerprint density at radius 1 is 0.523 bits per heavy atom. The fourth-order valence-corrected chi connectivity index (χ4v) is 13.6. The lowest BCUT2D eigenvalue weighted by Crippen LogP contribution is -2.73. The molecule has 3 atom stereocenters. The van der Waals surface area contributed by atoms with E-state index in [2.05, 4.69) is 184 Å². The Hall–Kier alpha value is -4.80. The van der Waals surface area contributed by atoms with Crippen molar-refractivity contribution < 1.29 is 0 Å². The second-order valence-electron chi connectivity index (χ2n) is 12.1. The molecule has 2 aliphatic heterocycles. The van der Waals surface area contributed by atoms with Crippen molar-refractivity contribution in [3.05, 3.63) is 175 Å². The molecule has 1 aliphatic carbocycles. The second kappa shape index (κ2) is 11.4. The fourth-order valence-electron chi connectivity index (χ4n) is 7.97. The van der Waals surface area contributed by atoms with Crippen LogP contribution in [0.4, 0.5) is 28.4 Å². The van der Waals surface area contributed by atoms with E-state index in [-0.39, 0.29) is 6.04 Å². The first-order chi connectivity index (χ1) is 21.8. The van der Waals surface area contributed by atoms with Gasteiger partial charge in [-0.2, -0.15) is 0 Å². The predicted molar refractivity (Wildman–Crippen MR) is 187 cm³/mol. The summed E-state index contributed by atoms with van der Waals surface area (Å²) in [6.45, 7) is 0. The van der Waals surface area contributed by atoms with Gasteiger partial charge >= 0.3 is 8.56 Å². The van der Waals surface area contributed by atoms with Gasteiger partial charge in [0.1, 0.15) is 0 Å². The van der Waals surface area contributed by atoms with Gasteiger partial charge in [-0.1, -0.05) is 121 Å². The summed E-state index contributed by atoms with van der Waals surface area (Å²) in [6.07, 6.45) is 11.8. The van der Waals surface area contributed by atoms with Crippen molar-refractivity contribution in [2.75, 3.05) is 13.7 Å². The summed E-state index contributed by atoms with van der Waals surface area (Å²) in [4.78, 5) is 0. The van der Waals surface area contributed by atoms with Crippen LogP contribution in [0.3, 0.4) is 0 Å². The Balaban J connectivity index is 1.42. The molecule has 8 rings (SSSR count). The molecule has 0 N–H and O–H groups in total. The van der Waals surface area contributed by atoms with Crippen LogP contribution in [0.2, 0.25) is 6.04 Å². The molecule has 44 heavy (non-hydrogen) atoms. The summed E-state index contributed by atoms with van der Waals surface area (Å²) in [5.41, 5.74) is 7.84. The Labute approximate surface area is 262 Å². The van der Waals surface area contributed by atoms with Gasteiger partial charge in [-0.15, -0.1) is 0 Å². The third-order valence-electron chi connectivity index (χ3n) is 9.71. The molecule has 0 aromatic heterocycles. The molecule has 1 spiro atoms. The predicted octanol–water partition coefficient (Wildman–Crippen LogP) is 9.80. The Morgan fingerprint density at radius 2 is 1.00 bits per heavy atom. The standard InChI is InChI=1S/C40H37N3Si/c1-5-17-32(18-6-1)31-33-29-30-44(41(34-19-7-2-8-20-34)38-26-14-13-25-37(33)38)42(35-21-9-3-10-22-35)39-27-15-16-28-40(39)43(44)36-23-11-4-12-24-36/h1-28,33,37-38H,29-31H2. The molecule has 3 unspecified atom stereocenters.